The van der Waals surface area contributed by atoms with Gasteiger partial charge in [0.2, 0.25) is 0 Å². The lowest BCUT2D eigenvalue weighted by Crippen LogP contribution is -2.22. The average molecular weight is 282 g/mol. The lowest BCUT2D eigenvalue weighted by atomic mass is 10.6. The van der Waals surface area contributed by atoms with Crippen LogP contribution in [-0.4, -0.2) is 29.0 Å². The zero-order valence-electron chi connectivity index (χ0n) is 7.24. The molecule has 5 nitrogen and oxygen atoms in total. The number of carbonyl (C=O) groups is 2. The van der Waals surface area contributed by atoms with E-state index >= 15 is 0 Å². The minimum absolute atomic E-state index is 0.120. The van der Waals surface area contributed by atoms with Crippen molar-refractivity contribution in [3.8, 4) is 0 Å². The summed E-state index contributed by atoms with van der Waals surface area (Å²) >= 11 is 3.85. The number of ether oxygens (including phenoxy) is 1. The smallest absolute Gasteiger partial charge is 0.347 e. The van der Waals surface area contributed by atoms with Gasteiger partial charge in [-0.25, -0.2) is 4.79 Å². The molecule has 1 fully saturated rings. The molecule has 1 atom stereocenters. The summed E-state index contributed by atoms with van der Waals surface area (Å²) in [4.78, 5) is 22.1. The van der Waals surface area contributed by atoms with Crippen molar-refractivity contribution >= 4 is 39.6 Å². The summed E-state index contributed by atoms with van der Waals surface area (Å²) in [5, 5.41) is 11.7. The van der Waals surface area contributed by atoms with Crippen LogP contribution < -0.4 is 5.32 Å². The highest BCUT2D eigenvalue weighted by Crippen LogP contribution is 2.30. The maximum atomic E-state index is 11.2. The fraction of sp³-hybridized carbons (Fsp3) is 0.429. The van der Waals surface area contributed by atoms with Crippen LogP contribution in [-0.2, 0) is 14.3 Å². The van der Waals surface area contributed by atoms with E-state index in [1.54, 1.807) is 6.92 Å². The van der Waals surface area contributed by atoms with Crippen molar-refractivity contribution in [1.82, 2.24) is 5.32 Å². The van der Waals surface area contributed by atoms with Crippen LogP contribution in [0.5, 0.6) is 0 Å². The van der Waals surface area contributed by atoms with Gasteiger partial charge >= 0.3 is 5.97 Å². The number of esters is 1. The van der Waals surface area contributed by atoms with Crippen LogP contribution in [0.1, 0.15) is 6.92 Å². The molecule has 0 aromatic rings. The molecule has 0 aliphatic carbocycles. The second-order valence-corrected chi connectivity index (χ2v) is 4.21. The summed E-state index contributed by atoms with van der Waals surface area (Å²) in [7, 11) is 0. The highest BCUT2D eigenvalue weighted by atomic mass is 79.9. The second kappa shape index (κ2) is 4.81. The molecule has 2 N–H and O–H groups in total. The van der Waals surface area contributed by atoms with E-state index < -0.39 is 17.3 Å². The molecule has 1 rings (SSSR count). The van der Waals surface area contributed by atoms with Crippen LogP contribution in [0.4, 0.5) is 0 Å². The average Bonchev–Trinajstić information content (AvgIpc) is 2.46. The molecule has 1 unspecified atom stereocenters. The van der Waals surface area contributed by atoms with Crippen LogP contribution in [0, 0.1) is 0 Å². The summed E-state index contributed by atoms with van der Waals surface area (Å²) in [5.74, 6) is -1.10. The molecule has 78 valence electrons. The number of carbonyl (C=O) groups excluding carboxylic acids is 2. The minimum atomic E-state index is -1.16. The van der Waals surface area contributed by atoms with Crippen molar-refractivity contribution in [3.63, 3.8) is 0 Å². The van der Waals surface area contributed by atoms with Gasteiger partial charge < -0.3 is 15.2 Å². The van der Waals surface area contributed by atoms with Crippen LogP contribution >= 0.6 is 27.7 Å². The molecule has 0 spiro atoms. The Hall–Kier alpha value is -0.530. The molecule has 0 aromatic carbocycles. The number of aliphatic hydroxyl groups excluding tert-OH is 1. The van der Waals surface area contributed by atoms with Crippen molar-refractivity contribution in [3.05, 3.63) is 9.51 Å². The summed E-state index contributed by atoms with van der Waals surface area (Å²) in [6, 6.07) is 0. The summed E-state index contributed by atoms with van der Waals surface area (Å²) in [5.41, 5.74) is -1.16. The number of amides is 1. The SMILES string of the molecule is CCOC(=O)/C(Br)=C1\NC(=O)C(O)S1. The standard InChI is InChI=1S/C7H8BrNO4S/c1-2-13-6(11)3(8)5-9-4(10)7(12)14-5/h7,12H,2H2,1H3,(H,9,10)/b5-3-. The Labute approximate surface area is 93.0 Å². The van der Waals surface area contributed by atoms with Crippen molar-refractivity contribution in [1.29, 1.82) is 0 Å². The van der Waals surface area contributed by atoms with E-state index in [1.165, 1.54) is 0 Å². The molecule has 1 saturated heterocycles. The molecular weight excluding hydrogens is 274 g/mol. The first kappa shape index (κ1) is 11.5. The van der Waals surface area contributed by atoms with Gasteiger partial charge in [0.05, 0.1) is 11.6 Å². The van der Waals surface area contributed by atoms with Gasteiger partial charge in [-0.05, 0) is 22.9 Å². The Morgan fingerprint density at radius 2 is 2.43 bits per heavy atom. The lowest BCUT2D eigenvalue weighted by Gasteiger charge is -2.02. The van der Waals surface area contributed by atoms with Gasteiger partial charge in [-0.3, -0.25) is 4.79 Å². The minimum Gasteiger partial charge on any atom is -0.462 e. The van der Waals surface area contributed by atoms with Crippen molar-refractivity contribution < 1.29 is 19.4 Å². The maximum absolute atomic E-state index is 11.2. The maximum Gasteiger partial charge on any atom is 0.347 e. The summed E-state index contributed by atoms with van der Waals surface area (Å²) in [6.07, 6.45) is 0. The summed E-state index contributed by atoms with van der Waals surface area (Å²) < 4.78 is 4.82. The second-order valence-electron chi connectivity index (χ2n) is 2.32. The van der Waals surface area contributed by atoms with Crippen LogP contribution in [0.2, 0.25) is 0 Å². The predicted octanol–water partition coefficient (Wildman–Crippen LogP) is 0.295. The van der Waals surface area contributed by atoms with Crippen LogP contribution in [0.3, 0.4) is 0 Å². The number of rotatable bonds is 2. The first-order chi connectivity index (χ1) is 6.56. The molecular formula is C7H8BrNO4S. The van der Waals surface area contributed by atoms with Gasteiger partial charge in [0, 0.05) is 0 Å². The molecule has 1 aliphatic heterocycles. The van der Waals surface area contributed by atoms with E-state index in [4.69, 9.17) is 9.84 Å². The van der Waals surface area contributed by atoms with Gasteiger partial charge in [0.15, 0.2) is 5.44 Å². The summed E-state index contributed by atoms with van der Waals surface area (Å²) in [6.45, 7) is 1.93. The highest BCUT2D eigenvalue weighted by molar-refractivity contribution is 9.12. The largest absolute Gasteiger partial charge is 0.462 e. The van der Waals surface area contributed by atoms with Crippen LogP contribution in [0.25, 0.3) is 0 Å². The molecule has 0 saturated carbocycles. The quantitative estimate of drug-likeness (QED) is 0.562. The molecule has 0 bridgehead atoms. The fourth-order valence-corrected chi connectivity index (χ4v) is 1.99. The Morgan fingerprint density at radius 3 is 2.86 bits per heavy atom. The molecule has 1 amide bonds. The first-order valence-electron chi connectivity index (χ1n) is 3.78. The van der Waals surface area contributed by atoms with Crippen molar-refractivity contribution in [2.45, 2.75) is 12.4 Å². The number of halogens is 1. The predicted molar refractivity (Wildman–Crippen MR) is 54.3 cm³/mol. The van der Waals surface area contributed by atoms with E-state index in [0.717, 1.165) is 11.8 Å². The van der Waals surface area contributed by atoms with Gasteiger partial charge in [0.1, 0.15) is 4.48 Å². The third kappa shape index (κ3) is 2.49. The lowest BCUT2D eigenvalue weighted by molar-refractivity contribution is -0.137. The first-order valence-corrected chi connectivity index (χ1v) is 5.46. The van der Waals surface area contributed by atoms with Crippen molar-refractivity contribution in [2.75, 3.05) is 6.61 Å². The number of hydrogen-bond donors (Lipinski definition) is 2. The van der Waals surface area contributed by atoms with Crippen molar-refractivity contribution in [2.24, 2.45) is 0 Å². The molecule has 14 heavy (non-hydrogen) atoms. The third-order valence-electron chi connectivity index (χ3n) is 1.34. The zero-order valence-corrected chi connectivity index (χ0v) is 9.65. The van der Waals surface area contributed by atoms with Gasteiger partial charge in [-0.2, -0.15) is 0 Å². The molecule has 1 aliphatic rings. The monoisotopic (exact) mass is 281 g/mol. The number of hydrogen-bond acceptors (Lipinski definition) is 5. The molecule has 0 aromatic heterocycles. The van der Waals surface area contributed by atoms with Gasteiger partial charge in [0.25, 0.3) is 5.91 Å². The molecule has 1 heterocycles. The fourth-order valence-electron chi connectivity index (χ4n) is 0.762. The third-order valence-corrected chi connectivity index (χ3v) is 3.31. The number of nitrogens with one attached hydrogen (secondary N) is 1. The topological polar surface area (TPSA) is 75.6 Å². The normalized spacial score (nSPS) is 24.5. The Balaban J connectivity index is 2.75. The highest BCUT2D eigenvalue weighted by Gasteiger charge is 2.30. The van der Waals surface area contributed by atoms with Crippen LogP contribution in [0.15, 0.2) is 9.51 Å². The van der Waals surface area contributed by atoms with E-state index in [2.05, 4.69) is 21.2 Å². The van der Waals surface area contributed by atoms with E-state index in [-0.39, 0.29) is 16.1 Å². The van der Waals surface area contributed by atoms with Gasteiger partial charge in [-0.1, -0.05) is 11.8 Å². The zero-order chi connectivity index (χ0) is 10.7. The Bertz CT molecular complexity index is 304. The van der Waals surface area contributed by atoms with E-state index in [9.17, 15) is 9.59 Å². The number of thioether (sulfide) groups is 1. The number of aliphatic hydroxyl groups is 1. The molecule has 7 heteroatoms. The van der Waals surface area contributed by atoms with E-state index in [0.29, 0.717) is 0 Å². The Kier molecular flexibility index (Phi) is 3.97. The van der Waals surface area contributed by atoms with Gasteiger partial charge in [-0.15, -0.1) is 0 Å². The molecule has 0 radical (unpaired) electrons. The van der Waals surface area contributed by atoms with E-state index in [1.807, 2.05) is 0 Å². The Morgan fingerprint density at radius 1 is 1.79 bits per heavy atom.